The number of fused-ring (bicyclic) bond motifs is 5. The maximum Gasteiger partial charge on any atom is 0.338 e. The highest BCUT2D eigenvalue weighted by Gasteiger charge is 2.65. The minimum Gasteiger partial charge on any atom is -0.458 e. The number of rotatable bonds is 3. The lowest BCUT2D eigenvalue weighted by Crippen LogP contribution is -2.59. The molecule has 4 saturated carbocycles. The summed E-state index contributed by atoms with van der Waals surface area (Å²) in [5.41, 5.74) is 0.401. The van der Waals surface area contributed by atoms with E-state index < -0.39 is 0 Å². The summed E-state index contributed by atoms with van der Waals surface area (Å²) in [5, 5.41) is 0. The van der Waals surface area contributed by atoms with Gasteiger partial charge in [0, 0.05) is 24.2 Å². The van der Waals surface area contributed by atoms with Gasteiger partial charge < -0.3 is 4.74 Å². The van der Waals surface area contributed by atoms with Crippen molar-refractivity contribution in [3.05, 3.63) is 35.9 Å². The molecule has 0 aromatic heterocycles. The Bertz CT molecular complexity index is 923. The number of Topliss-reactive ketones (excluding diaryl/α,β-unsaturated/α-hetero) is 2. The maximum atomic E-state index is 13.1. The minimum atomic E-state index is -0.300. The van der Waals surface area contributed by atoms with Crippen LogP contribution in [-0.4, -0.2) is 23.6 Å². The molecule has 0 aliphatic heterocycles. The molecule has 1 aromatic rings. The van der Waals surface area contributed by atoms with Crippen molar-refractivity contribution in [2.45, 2.75) is 78.2 Å². The molecule has 5 rings (SSSR count). The average Bonchev–Trinajstić information content (AvgIpc) is 3.14. The van der Waals surface area contributed by atoms with Gasteiger partial charge in [-0.15, -0.1) is 0 Å². The number of benzene rings is 1. The highest BCUT2D eigenvalue weighted by Crippen LogP contribution is 2.67. The molecule has 1 aromatic carbocycles. The third kappa shape index (κ3) is 3.20. The number of carbonyl (C=O) groups is 3. The van der Waals surface area contributed by atoms with Crippen molar-refractivity contribution in [3.8, 4) is 0 Å². The van der Waals surface area contributed by atoms with E-state index in [9.17, 15) is 14.4 Å². The Labute approximate surface area is 191 Å². The second kappa shape index (κ2) is 7.81. The Balaban J connectivity index is 1.51. The second-order valence-corrected chi connectivity index (χ2v) is 11.5. The molecule has 4 nitrogen and oxygen atoms in total. The molecule has 0 heterocycles. The quantitative estimate of drug-likeness (QED) is 0.576. The van der Waals surface area contributed by atoms with Crippen molar-refractivity contribution < 1.29 is 19.1 Å². The van der Waals surface area contributed by atoms with E-state index in [-0.39, 0.29) is 34.6 Å². The van der Waals surface area contributed by atoms with Gasteiger partial charge in [-0.2, -0.15) is 0 Å². The summed E-state index contributed by atoms with van der Waals surface area (Å²) >= 11 is 0. The van der Waals surface area contributed by atoms with Crippen molar-refractivity contribution in [2.75, 3.05) is 0 Å². The number of ketones is 2. The molecule has 4 aliphatic rings. The summed E-state index contributed by atoms with van der Waals surface area (Å²) in [5.74, 6) is 2.19. The summed E-state index contributed by atoms with van der Waals surface area (Å²) < 4.78 is 6.31. The smallest absolute Gasteiger partial charge is 0.338 e. The molecule has 8 unspecified atom stereocenters. The fourth-order valence-electron chi connectivity index (χ4n) is 8.59. The molecular formula is C28H36O4. The Hall–Kier alpha value is -1.97. The van der Waals surface area contributed by atoms with Gasteiger partial charge >= 0.3 is 5.97 Å². The summed E-state index contributed by atoms with van der Waals surface area (Å²) in [7, 11) is 0. The molecule has 172 valence electrons. The zero-order chi connectivity index (χ0) is 22.7. The lowest BCUT2D eigenvalue weighted by Gasteiger charge is -2.61. The predicted octanol–water partition coefficient (Wildman–Crippen LogP) is 5.64. The Morgan fingerprint density at radius 3 is 2.47 bits per heavy atom. The van der Waals surface area contributed by atoms with Gasteiger partial charge in [0.1, 0.15) is 17.7 Å². The molecule has 0 bridgehead atoms. The minimum absolute atomic E-state index is 0.0412. The van der Waals surface area contributed by atoms with Gasteiger partial charge in [0.05, 0.1) is 5.56 Å². The summed E-state index contributed by atoms with van der Waals surface area (Å²) in [6.45, 7) is 6.34. The van der Waals surface area contributed by atoms with E-state index in [0.29, 0.717) is 47.9 Å². The van der Waals surface area contributed by atoms with E-state index in [1.807, 2.05) is 18.2 Å². The van der Waals surface area contributed by atoms with E-state index >= 15 is 0 Å². The maximum absolute atomic E-state index is 13.1. The Kier molecular flexibility index (Phi) is 5.34. The van der Waals surface area contributed by atoms with E-state index in [0.717, 1.165) is 38.5 Å². The van der Waals surface area contributed by atoms with Gasteiger partial charge in [0.2, 0.25) is 0 Å². The van der Waals surface area contributed by atoms with Crippen LogP contribution in [0.3, 0.4) is 0 Å². The zero-order valence-electron chi connectivity index (χ0n) is 19.6. The van der Waals surface area contributed by atoms with Gasteiger partial charge in [-0.3, -0.25) is 9.59 Å². The first kappa shape index (κ1) is 21.9. The number of esters is 1. The van der Waals surface area contributed by atoms with Gasteiger partial charge in [0.25, 0.3) is 0 Å². The molecule has 0 N–H and O–H groups in total. The lowest BCUT2D eigenvalue weighted by atomic mass is 9.44. The van der Waals surface area contributed by atoms with Crippen LogP contribution in [0.2, 0.25) is 0 Å². The Morgan fingerprint density at radius 1 is 1.00 bits per heavy atom. The van der Waals surface area contributed by atoms with Crippen LogP contribution in [-0.2, 0) is 14.3 Å². The fraction of sp³-hybridized carbons (Fsp3) is 0.679. The first-order valence-corrected chi connectivity index (χ1v) is 12.5. The normalized spacial score (nSPS) is 43.0. The van der Waals surface area contributed by atoms with Crippen molar-refractivity contribution in [2.24, 2.45) is 40.4 Å². The van der Waals surface area contributed by atoms with E-state index in [1.54, 1.807) is 19.1 Å². The van der Waals surface area contributed by atoms with E-state index in [4.69, 9.17) is 4.74 Å². The number of carbonyl (C=O) groups excluding carboxylic acids is 3. The standard InChI is InChI=1S/C28H36O4/c1-17(29)22-11-12-23-21-10-9-19-15-20(30)13-14-27(19,2)24(21)16-25(28(22,23)3)32-26(31)18-7-5-4-6-8-18/h4-8,19,21-25H,9-16H2,1-3H3. The third-order valence-electron chi connectivity index (χ3n) is 10.3. The van der Waals surface area contributed by atoms with Crippen molar-refractivity contribution in [1.82, 2.24) is 0 Å². The SMILES string of the molecule is CC(=O)C1CCC2C3CCC4CC(=O)CCC4(C)C3CC(OC(=O)c3ccccc3)C12C. The highest BCUT2D eigenvalue weighted by molar-refractivity contribution is 5.89. The molecule has 4 aliphatic carbocycles. The van der Waals surface area contributed by atoms with Crippen LogP contribution in [0, 0.1) is 40.4 Å². The zero-order valence-corrected chi connectivity index (χ0v) is 19.6. The van der Waals surface area contributed by atoms with Crippen LogP contribution < -0.4 is 0 Å². The molecule has 0 spiro atoms. The number of ether oxygens (including phenoxy) is 1. The molecule has 0 radical (unpaired) electrons. The first-order valence-electron chi connectivity index (χ1n) is 12.5. The van der Waals surface area contributed by atoms with Crippen LogP contribution >= 0.6 is 0 Å². The van der Waals surface area contributed by atoms with Gasteiger partial charge in [-0.25, -0.2) is 4.79 Å². The Morgan fingerprint density at radius 2 is 1.75 bits per heavy atom. The largest absolute Gasteiger partial charge is 0.458 e. The van der Waals surface area contributed by atoms with Gasteiger partial charge in [-0.05, 0) is 86.7 Å². The van der Waals surface area contributed by atoms with Crippen molar-refractivity contribution in [3.63, 3.8) is 0 Å². The number of hydrogen-bond acceptors (Lipinski definition) is 4. The molecule has 32 heavy (non-hydrogen) atoms. The molecule has 0 amide bonds. The van der Waals surface area contributed by atoms with Crippen LogP contribution in [0.4, 0.5) is 0 Å². The third-order valence-corrected chi connectivity index (χ3v) is 10.3. The number of hydrogen-bond donors (Lipinski definition) is 0. The average molecular weight is 437 g/mol. The fourth-order valence-corrected chi connectivity index (χ4v) is 8.59. The molecular weight excluding hydrogens is 400 g/mol. The summed E-state index contributed by atoms with van der Waals surface area (Å²) in [6, 6.07) is 9.22. The van der Waals surface area contributed by atoms with Crippen LogP contribution in [0.5, 0.6) is 0 Å². The van der Waals surface area contributed by atoms with Crippen LogP contribution in [0.15, 0.2) is 30.3 Å². The van der Waals surface area contributed by atoms with Crippen molar-refractivity contribution in [1.29, 1.82) is 0 Å². The molecule has 4 heteroatoms. The second-order valence-electron chi connectivity index (χ2n) is 11.5. The summed E-state index contributed by atoms with van der Waals surface area (Å²) in [6.07, 6.45) is 7.12. The van der Waals surface area contributed by atoms with Gasteiger partial charge in [-0.1, -0.05) is 32.0 Å². The highest BCUT2D eigenvalue weighted by atomic mass is 16.5. The predicted molar refractivity (Wildman–Crippen MR) is 122 cm³/mol. The van der Waals surface area contributed by atoms with Crippen molar-refractivity contribution >= 4 is 17.5 Å². The first-order chi connectivity index (χ1) is 15.2. The van der Waals surface area contributed by atoms with Gasteiger partial charge in [0.15, 0.2) is 0 Å². The lowest BCUT2D eigenvalue weighted by molar-refractivity contribution is -0.171. The van der Waals surface area contributed by atoms with E-state index in [1.165, 1.54) is 0 Å². The molecule has 4 fully saturated rings. The molecule has 0 saturated heterocycles. The topological polar surface area (TPSA) is 60.4 Å². The summed E-state index contributed by atoms with van der Waals surface area (Å²) in [4.78, 5) is 38.1. The van der Waals surface area contributed by atoms with Crippen LogP contribution in [0.1, 0.15) is 82.5 Å². The van der Waals surface area contributed by atoms with E-state index in [2.05, 4.69) is 13.8 Å². The molecule has 8 atom stereocenters. The van der Waals surface area contributed by atoms with Crippen LogP contribution in [0.25, 0.3) is 0 Å². The monoisotopic (exact) mass is 436 g/mol.